The van der Waals surface area contributed by atoms with E-state index in [4.69, 9.17) is 5.73 Å². The number of nitrogens with zero attached hydrogens (tertiary/aromatic N) is 1. The number of benzene rings is 1. The van der Waals surface area contributed by atoms with Crippen LogP contribution in [0.5, 0.6) is 0 Å². The van der Waals surface area contributed by atoms with Crippen LogP contribution in [0.25, 0.3) is 0 Å². The molecule has 3 nitrogen and oxygen atoms in total. The maximum absolute atomic E-state index is 12.5. The molecule has 2 N–H and O–H groups in total. The highest BCUT2D eigenvalue weighted by Gasteiger charge is 2.14. The van der Waals surface area contributed by atoms with E-state index in [0.29, 0.717) is 12.1 Å². The average Bonchev–Trinajstić information content (AvgIpc) is 2.45. The van der Waals surface area contributed by atoms with E-state index in [1.54, 1.807) is 0 Å². The molecule has 3 heteroatoms. The molecule has 0 radical (unpaired) electrons. The highest BCUT2D eigenvalue weighted by molar-refractivity contribution is 5.94. The van der Waals surface area contributed by atoms with Crippen molar-refractivity contribution in [3.05, 3.63) is 34.9 Å². The molecule has 1 aromatic rings. The van der Waals surface area contributed by atoms with Gasteiger partial charge in [0.05, 0.1) is 6.54 Å². The van der Waals surface area contributed by atoms with Gasteiger partial charge < -0.3 is 10.6 Å². The number of hydrogen-bond donors (Lipinski definition) is 1. The number of amides is 1. The maximum Gasteiger partial charge on any atom is 0.253 e. The molecule has 0 aromatic heterocycles. The molecule has 0 unspecified atom stereocenters. The van der Waals surface area contributed by atoms with Crippen LogP contribution >= 0.6 is 0 Å². The molecule has 1 amide bonds. The summed E-state index contributed by atoms with van der Waals surface area (Å²) in [6, 6.07) is 5.75. The Balaban J connectivity index is 2.99. The number of aryl methyl sites for hydroxylation is 1. The molecule has 0 saturated heterocycles. The summed E-state index contributed by atoms with van der Waals surface area (Å²) < 4.78 is 0. The van der Waals surface area contributed by atoms with E-state index >= 15 is 0 Å². The third-order valence-corrected chi connectivity index (χ3v) is 3.11. The fourth-order valence-corrected chi connectivity index (χ4v) is 2.07. The molecule has 20 heavy (non-hydrogen) atoms. The highest BCUT2D eigenvalue weighted by Crippen LogP contribution is 2.12. The van der Waals surface area contributed by atoms with E-state index in [9.17, 15) is 4.79 Å². The molecule has 0 fully saturated rings. The molecule has 0 heterocycles. The van der Waals surface area contributed by atoms with Gasteiger partial charge in [0.1, 0.15) is 0 Å². The molecule has 0 aliphatic rings. The van der Waals surface area contributed by atoms with Crippen molar-refractivity contribution in [1.29, 1.82) is 0 Å². The Morgan fingerprint density at radius 1 is 1.30 bits per heavy atom. The first-order chi connectivity index (χ1) is 9.62. The van der Waals surface area contributed by atoms with Crippen LogP contribution < -0.4 is 5.73 Å². The van der Waals surface area contributed by atoms with Gasteiger partial charge in [-0.05, 0) is 44.0 Å². The van der Waals surface area contributed by atoms with Crippen LogP contribution in [0.3, 0.4) is 0 Å². The molecule has 0 aliphatic heterocycles. The number of nitrogens with two attached hydrogens (primary N) is 1. The summed E-state index contributed by atoms with van der Waals surface area (Å²) in [4.78, 5) is 14.4. The summed E-state index contributed by atoms with van der Waals surface area (Å²) >= 11 is 0. The Morgan fingerprint density at radius 2 is 2.05 bits per heavy atom. The second kappa shape index (κ2) is 8.39. The minimum Gasteiger partial charge on any atom is -0.339 e. The molecule has 0 spiro atoms. The lowest BCUT2D eigenvalue weighted by atomic mass is 10.1. The van der Waals surface area contributed by atoms with Crippen LogP contribution in [0.4, 0.5) is 0 Å². The normalized spacial score (nSPS) is 9.80. The van der Waals surface area contributed by atoms with E-state index in [2.05, 4.69) is 18.8 Å². The minimum atomic E-state index is 0.0837. The third kappa shape index (κ3) is 4.71. The van der Waals surface area contributed by atoms with Crippen molar-refractivity contribution in [2.75, 3.05) is 19.6 Å². The number of carbonyl (C=O) groups is 1. The second-order valence-electron chi connectivity index (χ2n) is 4.83. The van der Waals surface area contributed by atoms with Gasteiger partial charge >= 0.3 is 0 Å². The molecular formula is C17H24N2O. The molecule has 108 valence electrons. The minimum absolute atomic E-state index is 0.0837. The van der Waals surface area contributed by atoms with Crippen molar-refractivity contribution in [3.8, 4) is 11.8 Å². The van der Waals surface area contributed by atoms with E-state index < -0.39 is 0 Å². The number of carbonyl (C=O) groups excluding carboxylic acids is 1. The topological polar surface area (TPSA) is 46.3 Å². The van der Waals surface area contributed by atoms with Gasteiger partial charge in [-0.1, -0.05) is 25.2 Å². The van der Waals surface area contributed by atoms with Crippen molar-refractivity contribution in [3.63, 3.8) is 0 Å². The lowest BCUT2D eigenvalue weighted by molar-refractivity contribution is 0.0762. The fraction of sp³-hybridized carbons (Fsp3) is 0.471. The number of hydrogen-bond acceptors (Lipinski definition) is 2. The van der Waals surface area contributed by atoms with Gasteiger partial charge in [-0.25, -0.2) is 0 Å². The number of unbranched alkanes of at least 4 members (excludes halogenated alkanes) is 1. The monoisotopic (exact) mass is 272 g/mol. The standard InChI is InChI=1S/C17H24N2O/c1-4-6-10-19(5-2)17(20)16-12-14(3)11-15(13-16)8-7-9-18/h11-13H,4-6,9-10,18H2,1-3H3. The summed E-state index contributed by atoms with van der Waals surface area (Å²) in [6.07, 6.45) is 2.12. The number of rotatable bonds is 5. The van der Waals surface area contributed by atoms with Gasteiger partial charge in [0.25, 0.3) is 5.91 Å². The van der Waals surface area contributed by atoms with Crippen molar-refractivity contribution in [2.45, 2.75) is 33.6 Å². The van der Waals surface area contributed by atoms with Crippen LogP contribution in [0.2, 0.25) is 0 Å². The Hall–Kier alpha value is -1.79. The van der Waals surface area contributed by atoms with Gasteiger partial charge in [0.2, 0.25) is 0 Å². The van der Waals surface area contributed by atoms with Gasteiger partial charge in [0.15, 0.2) is 0 Å². The van der Waals surface area contributed by atoms with Gasteiger partial charge in [-0.3, -0.25) is 4.79 Å². The van der Waals surface area contributed by atoms with E-state index in [1.165, 1.54) is 0 Å². The van der Waals surface area contributed by atoms with Crippen molar-refractivity contribution in [1.82, 2.24) is 4.90 Å². The van der Waals surface area contributed by atoms with Crippen LogP contribution in [0.1, 0.15) is 48.2 Å². The second-order valence-corrected chi connectivity index (χ2v) is 4.83. The Labute approximate surface area is 122 Å². The Morgan fingerprint density at radius 3 is 2.65 bits per heavy atom. The molecule has 0 atom stereocenters. The SMILES string of the molecule is CCCCN(CC)C(=O)c1cc(C)cc(C#CCN)c1. The van der Waals surface area contributed by atoms with E-state index in [1.807, 2.05) is 36.9 Å². The zero-order chi connectivity index (χ0) is 15.0. The molecule has 0 bridgehead atoms. The summed E-state index contributed by atoms with van der Waals surface area (Å²) in [5.41, 5.74) is 8.00. The van der Waals surface area contributed by atoms with Gasteiger partial charge in [0, 0.05) is 24.2 Å². The van der Waals surface area contributed by atoms with Crippen molar-refractivity contribution < 1.29 is 4.79 Å². The zero-order valence-electron chi connectivity index (χ0n) is 12.7. The highest BCUT2D eigenvalue weighted by atomic mass is 16.2. The van der Waals surface area contributed by atoms with Crippen LogP contribution in [0, 0.1) is 18.8 Å². The first kappa shape index (κ1) is 16.3. The molecule has 1 aromatic carbocycles. The lowest BCUT2D eigenvalue weighted by Crippen LogP contribution is -2.31. The first-order valence-corrected chi connectivity index (χ1v) is 7.22. The largest absolute Gasteiger partial charge is 0.339 e. The van der Waals surface area contributed by atoms with Crippen molar-refractivity contribution in [2.24, 2.45) is 5.73 Å². The quantitative estimate of drug-likeness (QED) is 0.837. The third-order valence-electron chi connectivity index (χ3n) is 3.11. The Bertz CT molecular complexity index is 511. The molecule has 0 saturated carbocycles. The predicted octanol–water partition coefficient (Wildman–Crippen LogP) is 2.57. The average molecular weight is 272 g/mol. The van der Waals surface area contributed by atoms with E-state index in [-0.39, 0.29) is 5.91 Å². The smallest absolute Gasteiger partial charge is 0.253 e. The predicted molar refractivity (Wildman–Crippen MR) is 83.6 cm³/mol. The summed E-state index contributed by atoms with van der Waals surface area (Å²) in [5.74, 6) is 5.91. The lowest BCUT2D eigenvalue weighted by Gasteiger charge is -2.21. The first-order valence-electron chi connectivity index (χ1n) is 7.22. The van der Waals surface area contributed by atoms with Crippen molar-refractivity contribution >= 4 is 5.91 Å². The van der Waals surface area contributed by atoms with Gasteiger partial charge in [-0.15, -0.1) is 0 Å². The maximum atomic E-state index is 12.5. The van der Waals surface area contributed by atoms with Crippen LogP contribution in [0.15, 0.2) is 18.2 Å². The van der Waals surface area contributed by atoms with E-state index in [0.717, 1.165) is 37.1 Å². The molecular weight excluding hydrogens is 248 g/mol. The Kier molecular flexibility index (Phi) is 6.83. The summed E-state index contributed by atoms with van der Waals surface area (Å²) in [7, 11) is 0. The van der Waals surface area contributed by atoms with Crippen LogP contribution in [-0.2, 0) is 0 Å². The summed E-state index contributed by atoms with van der Waals surface area (Å²) in [6.45, 7) is 7.99. The van der Waals surface area contributed by atoms with Gasteiger partial charge in [-0.2, -0.15) is 0 Å². The molecule has 1 rings (SSSR count). The zero-order valence-corrected chi connectivity index (χ0v) is 12.7. The molecule has 0 aliphatic carbocycles. The fourth-order valence-electron chi connectivity index (χ4n) is 2.07. The summed E-state index contributed by atoms with van der Waals surface area (Å²) in [5, 5.41) is 0. The van der Waals surface area contributed by atoms with Crippen LogP contribution in [-0.4, -0.2) is 30.4 Å².